The van der Waals surface area contributed by atoms with Crippen LogP contribution in [0.4, 0.5) is 0 Å². The lowest BCUT2D eigenvalue weighted by atomic mass is 10.0. The van der Waals surface area contributed by atoms with Crippen molar-refractivity contribution in [2.75, 3.05) is 0 Å². The van der Waals surface area contributed by atoms with Gasteiger partial charge in [0.25, 0.3) is 0 Å². The maximum atomic E-state index is 3.83. The largest absolute Gasteiger partial charge is 0.0988 e. The van der Waals surface area contributed by atoms with Crippen LogP contribution in [-0.2, 0) is 0 Å². The van der Waals surface area contributed by atoms with Crippen molar-refractivity contribution in [2.45, 2.75) is 13.8 Å². The number of hydrogen-bond donors (Lipinski definition) is 0. The van der Waals surface area contributed by atoms with Crippen LogP contribution >= 0.6 is 0 Å². The maximum Gasteiger partial charge on any atom is -0.0190 e. The van der Waals surface area contributed by atoms with Crippen molar-refractivity contribution in [3.63, 3.8) is 0 Å². The summed E-state index contributed by atoms with van der Waals surface area (Å²) in [5.41, 5.74) is 4.27. The second-order valence-corrected chi connectivity index (χ2v) is 3.88. The van der Waals surface area contributed by atoms with E-state index in [9.17, 15) is 0 Å². The standard InChI is InChI=1S/C18H22/c1-7-15(5)11-13-17(9-3)18(10-4)14-12-16(6)8-2/h7-14H,1-4H2,5-6H3/b15-11-,16-12-,17-13+,18-14+. The van der Waals surface area contributed by atoms with Gasteiger partial charge in [-0.3, -0.25) is 0 Å². The molecule has 0 rings (SSSR count). The molecule has 0 radical (unpaired) electrons. The lowest BCUT2D eigenvalue weighted by molar-refractivity contribution is 1.48. The van der Waals surface area contributed by atoms with Crippen LogP contribution in [-0.4, -0.2) is 0 Å². The molecule has 0 aliphatic rings. The molecule has 0 heteroatoms. The molecule has 0 N–H and O–H groups in total. The van der Waals surface area contributed by atoms with Crippen LogP contribution < -0.4 is 0 Å². The average Bonchev–Trinajstić information content (AvgIpc) is 2.41. The minimum absolute atomic E-state index is 1.03. The van der Waals surface area contributed by atoms with E-state index >= 15 is 0 Å². The van der Waals surface area contributed by atoms with Crippen molar-refractivity contribution in [3.8, 4) is 0 Å². The minimum Gasteiger partial charge on any atom is -0.0988 e. The van der Waals surface area contributed by atoms with Gasteiger partial charge in [-0.2, -0.15) is 0 Å². The molecule has 0 aromatic carbocycles. The van der Waals surface area contributed by atoms with Gasteiger partial charge in [-0.05, 0) is 25.0 Å². The number of allylic oxidation sites excluding steroid dienone is 12. The fourth-order valence-electron chi connectivity index (χ4n) is 1.14. The van der Waals surface area contributed by atoms with E-state index in [-0.39, 0.29) is 0 Å². The number of hydrogen-bond acceptors (Lipinski definition) is 0. The smallest absolute Gasteiger partial charge is 0.0190 e. The average molecular weight is 238 g/mol. The van der Waals surface area contributed by atoms with E-state index in [1.807, 2.05) is 62.5 Å². The number of rotatable bonds is 7. The first kappa shape index (κ1) is 15.9. The Hall–Kier alpha value is -2.08. The highest BCUT2D eigenvalue weighted by molar-refractivity contribution is 5.49. The van der Waals surface area contributed by atoms with Crippen molar-refractivity contribution in [3.05, 3.63) is 97.2 Å². The molecule has 0 unspecified atom stereocenters. The molecular weight excluding hydrogens is 216 g/mol. The van der Waals surface area contributed by atoms with Gasteiger partial charge in [0.1, 0.15) is 0 Å². The molecule has 18 heavy (non-hydrogen) atoms. The molecule has 0 heterocycles. The first-order valence-electron chi connectivity index (χ1n) is 5.86. The Labute approximate surface area is 111 Å². The second-order valence-electron chi connectivity index (χ2n) is 3.88. The molecule has 0 aromatic heterocycles. The van der Waals surface area contributed by atoms with Gasteiger partial charge >= 0.3 is 0 Å². The Morgan fingerprint density at radius 2 is 0.889 bits per heavy atom. The van der Waals surface area contributed by atoms with Crippen LogP contribution in [0.25, 0.3) is 0 Å². The zero-order valence-electron chi connectivity index (χ0n) is 11.4. The molecule has 0 atom stereocenters. The zero-order valence-corrected chi connectivity index (χ0v) is 11.4. The molecule has 0 fully saturated rings. The second kappa shape index (κ2) is 9.00. The van der Waals surface area contributed by atoms with Crippen LogP contribution in [0.15, 0.2) is 97.2 Å². The van der Waals surface area contributed by atoms with Gasteiger partial charge in [0, 0.05) is 0 Å². The van der Waals surface area contributed by atoms with Crippen molar-refractivity contribution in [1.82, 2.24) is 0 Å². The molecule has 0 saturated heterocycles. The van der Waals surface area contributed by atoms with E-state index in [4.69, 9.17) is 0 Å². The summed E-state index contributed by atoms with van der Waals surface area (Å²) >= 11 is 0. The van der Waals surface area contributed by atoms with Crippen LogP contribution in [0.1, 0.15) is 13.8 Å². The predicted molar refractivity (Wildman–Crippen MR) is 84.5 cm³/mol. The molecule has 0 aromatic rings. The summed E-state index contributed by atoms with van der Waals surface area (Å²) in [5, 5.41) is 0. The SMILES string of the molecule is C=C\C(C)=C/C=C(C=C)/C(C=C)=C/C=C(/C)C=C. The predicted octanol–water partition coefficient (Wildman–Crippen LogP) is 5.48. The van der Waals surface area contributed by atoms with E-state index in [0.29, 0.717) is 0 Å². The lowest BCUT2D eigenvalue weighted by Crippen LogP contribution is -1.82. The summed E-state index contributed by atoms with van der Waals surface area (Å²) in [6.07, 6.45) is 15.3. The highest BCUT2D eigenvalue weighted by Gasteiger charge is 1.94. The van der Waals surface area contributed by atoms with Gasteiger partial charge in [-0.15, -0.1) is 0 Å². The van der Waals surface area contributed by atoms with Crippen LogP contribution in [0, 0.1) is 0 Å². The summed E-state index contributed by atoms with van der Waals surface area (Å²) in [4.78, 5) is 0. The molecule has 0 bridgehead atoms. The normalized spacial score (nSPS) is 14.1. The van der Waals surface area contributed by atoms with Crippen molar-refractivity contribution < 1.29 is 0 Å². The third kappa shape index (κ3) is 5.86. The highest BCUT2D eigenvalue weighted by atomic mass is 14.0. The van der Waals surface area contributed by atoms with Gasteiger partial charge < -0.3 is 0 Å². The van der Waals surface area contributed by atoms with E-state index in [0.717, 1.165) is 22.3 Å². The summed E-state index contributed by atoms with van der Waals surface area (Å²) in [5.74, 6) is 0. The van der Waals surface area contributed by atoms with Gasteiger partial charge in [0.15, 0.2) is 0 Å². The molecule has 0 aliphatic heterocycles. The third-order valence-electron chi connectivity index (χ3n) is 2.47. The van der Waals surface area contributed by atoms with Gasteiger partial charge in [0.2, 0.25) is 0 Å². The fraction of sp³-hybridized carbons (Fsp3) is 0.111. The van der Waals surface area contributed by atoms with E-state index < -0.39 is 0 Å². The lowest BCUT2D eigenvalue weighted by Gasteiger charge is -2.01. The monoisotopic (exact) mass is 238 g/mol. The minimum atomic E-state index is 1.03. The molecule has 94 valence electrons. The van der Waals surface area contributed by atoms with Gasteiger partial charge in [0.05, 0.1) is 0 Å². The van der Waals surface area contributed by atoms with E-state index in [1.165, 1.54) is 0 Å². The summed E-state index contributed by atoms with van der Waals surface area (Å²) in [7, 11) is 0. The van der Waals surface area contributed by atoms with Crippen molar-refractivity contribution in [2.24, 2.45) is 0 Å². The van der Waals surface area contributed by atoms with Gasteiger partial charge in [-0.1, -0.05) is 86.1 Å². The quantitative estimate of drug-likeness (QED) is 0.515. The van der Waals surface area contributed by atoms with Gasteiger partial charge in [-0.25, -0.2) is 0 Å². The van der Waals surface area contributed by atoms with Crippen LogP contribution in [0.3, 0.4) is 0 Å². The molecule has 0 spiro atoms. The van der Waals surface area contributed by atoms with E-state index in [2.05, 4.69) is 26.3 Å². The molecular formula is C18H22. The van der Waals surface area contributed by atoms with Crippen molar-refractivity contribution >= 4 is 0 Å². The Morgan fingerprint density at radius 1 is 0.556 bits per heavy atom. The first-order chi connectivity index (χ1) is 8.58. The molecule has 0 amide bonds. The Kier molecular flexibility index (Phi) is 7.96. The summed E-state index contributed by atoms with van der Waals surface area (Å²) in [6.45, 7) is 19.1. The molecule has 0 nitrogen and oxygen atoms in total. The van der Waals surface area contributed by atoms with Crippen LogP contribution in [0.5, 0.6) is 0 Å². The molecule has 0 saturated carbocycles. The van der Waals surface area contributed by atoms with E-state index in [1.54, 1.807) is 0 Å². The Morgan fingerprint density at radius 3 is 1.11 bits per heavy atom. The third-order valence-corrected chi connectivity index (χ3v) is 2.47. The Balaban J connectivity index is 5.36. The van der Waals surface area contributed by atoms with Crippen LogP contribution in [0.2, 0.25) is 0 Å². The first-order valence-corrected chi connectivity index (χ1v) is 5.86. The molecule has 0 aliphatic carbocycles. The topological polar surface area (TPSA) is 0 Å². The summed E-state index contributed by atoms with van der Waals surface area (Å²) in [6, 6.07) is 0. The Bertz CT molecular complexity index is 404. The fourth-order valence-corrected chi connectivity index (χ4v) is 1.14. The highest BCUT2D eigenvalue weighted by Crippen LogP contribution is 2.14. The van der Waals surface area contributed by atoms with Crippen molar-refractivity contribution in [1.29, 1.82) is 0 Å². The maximum absolute atomic E-state index is 3.83. The summed E-state index contributed by atoms with van der Waals surface area (Å²) < 4.78 is 0. The zero-order chi connectivity index (χ0) is 14.0.